The van der Waals surface area contributed by atoms with Crippen molar-refractivity contribution >= 4 is 5.91 Å². The monoisotopic (exact) mass is 258 g/mol. The maximum absolute atomic E-state index is 12.4. The smallest absolute Gasteiger partial charge is 0.251 e. The fraction of sp³-hybridized carbons (Fsp3) is 0.562. The Morgan fingerprint density at radius 3 is 2.89 bits per heavy atom. The average Bonchev–Trinajstić information content (AvgIpc) is 2.83. The third-order valence-electron chi connectivity index (χ3n) is 4.56. The fourth-order valence-electron chi connectivity index (χ4n) is 3.49. The Morgan fingerprint density at radius 2 is 2.05 bits per heavy atom. The lowest BCUT2D eigenvalue weighted by atomic mass is 9.98. The van der Waals surface area contributed by atoms with Crippen molar-refractivity contribution in [2.75, 3.05) is 13.1 Å². The molecule has 19 heavy (non-hydrogen) atoms. The number of rotatable bonds is 2. The zero-order valence-electron chi connectivity index (χ0n) is 11.6. The second-order valence-electron chi connectivity index (χ2n) is 5.78. The number of hydrogen-bond acceptors (Lipinski definition) is 2. The number of nitrogens with zero attached hydrogens (tertiary/aromatic N) is 1. The molecule has 3 heteroatoms. The number of nitrogens with one attached hydrogen (secondary N) is 1. The van der Waals surface area contributed by atoms with Crippen molar-refractivity contribution in [3.63, 3.8) is 0 Å². The lowest BCUT2D eigenvalue weighted by Crippen LogP contribution is -2.46. The van der Waals surface area contributed by atoms with Gasteiger partial charge in [-0.2, -0.15) is 0 Å². The predicted octanol–water partition coefficient (Wildman–Crippen LogP) is 2.35. The molecule has 0 radical (unpaired) electrons. The van der Waals surface area contributed by atoms with Gasteiger partial charge in [0.2, 0.25) is 0 Å². The number of hydrogen-bond donors (Lipinski definition) is 1. The summed E-state index contributed by atoms with van der Waals surface area (Å²) in [6.07, 6.45) is 4.95. The van der Waals surface area contributed by atoms with E-state index in [0.29, 0.717) is 12.1 Å². The van der Waals surface area contributed by atoms with Crippen molar-refractivity contribution in [2.45, 2.75) is 44.7 Å². The van der Waals surface area contributed by atoms with Crippen molar-refractivity contribution < 1.29 is 4.79 Å². The molecule has 1 aromatic carbocycles. The van der Waals surface area contributed by atoms with Crippen molar-refractivity contribution in [3.8, 4) is 0 Å². The van der Waals surface area contributed by atoms with Gasteiger partial charge >= 0.3 is 0 Å². The van der Waals surface area contributed by atoms with E-state index in [1.54, 1.807) is 0 Å². The Kier molecular flexibility index (Phi) is 3.56. The summed E-state index contributed by atoms with van der Waals surface area (Å²) in [5, 5.41) is 3.25. The highest BCUT2D eigenvalue weighted by Crippen LogP contribution is 2.27. The lowest BCUT2D eigenvalue weighted by Gasteiger charge is -2.32. The molecular formula is C16H22N2O. The van der Waals surface area contributed by atoms with Gasteiger partial charge in [-0.15, -0.1) is 0 Å². The van der Waals surface area contributed by atoms with Gasteiger partial charge < -0.3 is 5.32 Å². The van der Waals surface area contributed by atoms with Crippen LogP contribution in [0.2, 0.25) is 0 Å². The molecule has 2 fully saturated rings. The Balaban J connectivity index is 1.68. The molecule has 0 unspecified atom stereocenters. The zero-order valence-corrected chi connectivity index (χ0v) is 11.6. The van der Waals surface area contributed by atoms with Crippen LogP contribution in [0.25, 0.3) is 0 Å². The van der Waals surface area contributed by atoms with Crippen LogP contribution in [0.15, 0.2) is 24.3 Å². The summed E-state index contributed by atoms with van der Waals surface area (Å²) >= 11 is 0. The maximum atomic E-state index is 12.4. The van der Waals surface area contributed by atoms with Crippen LogP contribution >= 0.6 is 0 Å². The molecule has 2 aliphatic heterocycles. The first-order valence-corrected chi connectivity index (χ1v) is 7.36. The number of amides is 1. The topological polar surface area (TPSA) is 32.3 Å². The first-order valence-electron chi connectivity index (χ1n) is 7.36. The Hall–Kier alpha value is -1.35. The normalized spacial score (nSPS) is 27.0. The van der Waals surface area contributed by atoms with Gasteiger partial charge in [0.1, 0.15) is 0 Å². The molecule has 3 rings (SSSR count). The molecule has 102 valence electrons. The molecule has 0 aliphatic carbocycles. The van der Waals surface area contributed by atoms with Gasteiger partial charge in [-0.05, 0) is 44.4 Å². The summed E-state index contributed by atoms with van der Waals surface area (Å²) < 4.78 is 0. The van der Waals surface area contributed by atoms with Crippen LogP contribution in [0.4, 0.5) is 0 Å². The van der Waals surface area contributed by atoms with E-state index < -0.39 is 0 Å². The molecule has 0 aromatic heterocycles. The van der Waals surface area contributed by atoms with E-state index in [4.69, 9.17) is 0 Å². The molecule has 3 nitrogen and oxygen atoms in total. The maximum Gasteiger partial charge on any atom is 0.251 e. The van der Waals surface area contributed by atoms with E-state index in [9.17, 15) is 4.79 Å². The molecule has 2 atom stereocenters. The van der Waals surface area contributed by atoms with Crippen LogP contribution in [0, 0.1) is 6.92 Å². The Morgan fingerprint density at radius 1 is 1.21 bits per heavy atom. The van der Waals surface area contributed by atoms with Crippen LogP contribution in [0.5, 0.6) is 0 Å². The molecule has 0 bridgehead atoms. The van der Waals surface area contributed by atoms with E-state index in [-0.39, 0.29) is 5.91 Å². The predicted molar refractivity (Wildman–Crippen MR) is 76.3 cm³/mol. The minimum absolute atomic E-state index is 0.0931. The molecule has 2 aliphatic rings. The number of aryl methyl sites for hydroxylation is 1. The van der Waals surface area contributed by atoms with Gasteiger partial charge in [-0.25, -0.2) is 0 Å². The molecule has 2 heterocycles. The minimum atomic E-state index is 0.0931. The minimum Gasteiger partial charge on any atom is -0.348 e. The third kappa shape index (κ3) is 2.52. The van der Waals surface area contributed by atoms with E-state index in [0.717, 1.165) is 24.1 Å². The van der Waals surface area contributed by atoms with Crippen molar-refractivity contribution in [2.24, 2.45) is 0 Å². The van der Waals surface area contributed by atoms with Crippen molar-refractivity contribution in [1.82, 2.24) is 10.2 Å². The van der Waals surface area contributed by atoms with Crippen LogP contribution in [0.1, 0.15) is 41.6 Å². The highest BCUT2D eigenvalue weighted by atomic mass is 16.1. The number of carbonyl (C=O) groups excluding carboxylic acids is 1. The molecule has 1 aromatic rings. The van der Waals surface area contributed by atoms with E-state index >= 15 is 0 Å². The first kappa shape index (κ1) is 12.7. The fourth-order valence-corrected chi connectivity index (χ4v) is 3.49. The van der Waals surface area contributed by atoms with E-state index in [1.165, 1.54) is 25.8 Å². The largest absolute Gasteiger partial charge is 0.348 e. The van der Waals surface area contributed by atoms with Gasteiger partial charge in [0, 0.05) is 24.2 Å². The number of piperidine rings is 1. The lowest BCUT2D eigenvalue weighted by molar-refractivity contribution is 0.0914. The number of fused-ring (bicyclic) bond motifs is 1. The van der Waals surface area contributed by atoms with E-state index in [2.05, 4.69) is 10.2 Å². The summed E-state index contributed by atoms with van der Waals surface area (Å²) in [7, 11) is 0. The standard InChI is InChI=1S/C16H22N2O/c1-12-6-2-3-7-13(12)16(19)17-14-9-11-18-10-5-4-8-15(14)18/h2-3,6-7,14-15H,4-5,8-11H2,1H3,(H,17,19)/t14-,15+/m0/s1. The molecule has 0 spiro atoms. The average molecular weight is 258 g/mol. The SMILES string of the molecule is Cc1ccccc1C(=O)N[C@H]1CCN2CCCC[C@H]12. The number of carbonyl (C=O) groups is 1. The van der Waals surface area contributed by atoms with Gasteiger partial charge in [0.05, 0.1) is 0 Å². The Bertz CT molecular complexity index is 472. The first-order chi connectivity index (χ1) is 9.25. The van der Waals surface area contributed by atoms with Crippen LogP contribution in [-0.2, 0) is 0 Å². The van der Waals surface area contributed by atoms with Gasteiger partial charge in [-0.3, -0.25) is 9.69 Å². The second-order valence-corrected chi connectivity index (χ2v) is 5.78. The zero-order chi connectivity index (χ0) is 13.2. The van der Waals surface area contributed by atoms with Crippen molar-refractivity contribution in [1.29, 1.82) is 0 Å². The quantitative estimate of drug-likeness (QED) is 0.883. The second kappa shape index (κ2) is 5.33. The van der Waals surface area contributed by atoms with Crippen molar-refractivity contribution in [3.05, 3.63) is 35.4 Å². The summed E-state index contributed by atoms with van der Waals surface area (Å²) in [6.45, 7) is 4.35. The van der Waals surface area contributed by atoms with Gasteiger partial charge in [0.15, 0.2) is 0 Å². The molecular weight excluding hydrogens is 236 g/mol. The van der Waals surface area contributed by atoms with Gasteiger partial charge in [-0.1, -0.05) is 24.6 Å². The van der Waals surface area contributed by atoms with Gasteiger partial charge in [0.25, 0.3) is 5.91 Å². The molecule has 0 saturated carbocycles. The summed E-state index contributed by atoms with van der Waals surface area (Å²) in [5.74, 6) is 0.0931. The summed E-state index contributed by atoms with van der Waals surface area (Å²) in [4.78, 5) is 14.9. The highest BCUT2D eigenvalue weighted by molar-refractivity contribution is 5.95. The molecule has 1 N–H and O–H groups in total. The number of benzene rings is 1. The molecule has 1 amide bonds. The highest BCUT2D eigenvalue weighted by Gasteiger charge is 2.36. The summed E-state index contributed by atoms with van der Waals surface area (Å²) in [5.41, 5.74) is 1.87. The Labute approximate surface area is 115 Å². The van der Waals surface area contributed by atoms with E-state index in [1.807, 2.05) is 31.2 Å². The van der Waals surface area contributed by atoms with Crippen LogP contribution in [-0.4, -0.2) is 36.0 Å². The third-order valence-corrected chi connectivity index (χ3v) is 4.56. The summed E-state index contributed by atoms with van der Waals surface area (Å²) in [6, 6.07) is 8.73. The van der Waals surface area contributed by atoms with Crippen LogP contribution < -0.4 is 5.32 Å². The molecule has 2 saturated heterocycles. The van der Waals surface area contributed by atoms with Crippen LogP contribution in [0.3, 0.4) is 0 Å².